The number of carboxylic acids is 1. The number of carboxylic acid groups (broad SMARTS) is 1. The Labute approximate surface area is 199 Å². The van der Waals surface area contributed by atoms with Crippen LogP contribution in [-0.2, 0) is 16.1 Å². The lowest BCUT2D eigenvalue weighted by molar-refractivity contribution is -0.192. The molecule has 1 saturated heterocycles. The molecular formula is C23H25F4N3O5. The summed E-state index contributed by atoms with van der Waals surface area (Å²) >= 11 is 0. The van der Waals surface area contributed by atoms with Crippen molar-refractivity contribution in [3.63, 3.8) is 0 Å². The van der Waals surface area contributed by atoms with Crippen molar-refractivity contribution >= 4 is 17.8 Å². The van der Waals surface area contributed by atoms with Crippen molar-refractivity contribution in [3.05, 3.63) is 65.5 Å². The Balaban J connectivity index is 0.000000540. The predicted octanol–water partition coefficient (Wildman–Crippen LogP) is 2.54. The standard InChI is InChI=1S/C21H24FN3O3.C2HF3O2/c1-28-17-8-6-16(7-9-17)14-25(15-20(26)24-12-10-23-11-13-24)21(27)18-4-2-3-5-19(18)22;3-2(4,5)1(6)7/h2-9,23H,10-15H2,1H3;(H,6,7). The zero-order valence-corrected chi connectivity index (χ0v) is 18.8. The highest BCUT2D eigenvalue weighted by Crippen LogP contribution is 2.17. The van der Waals surface area contributed by atoms with E-state index in [2.05, 4.69) is 5.32 Å². The highest BCUT2D eigenvalue weighted by atomic mass is 19.4. The van der Waals surface area contributed by atoms with Gasteiger partial charge in [-0.25, -0.2) is 9.18 Å². The van der Waals surface area contributed by atoms with Crippen LogP contribution in [0.1, 0.15) is 15.9 Å². The van der Waals surface area contributed by atoms with E-state index in [0.29, 0.717) is 18.8 Å². The molecule has 0 saturated carbocycles. The molecule has 35 heavy (non-hydrogen) atoms. The van der Waals surface area contributed by atoms with E-state index in [1.54, 1.807) is 30.2 Å². The number of rotatable bonds is 6. The van der Waals surface area contributed by atoms with Crippen LogP contribution in [0.5, 0.6) is 5.75 Å². The Bertz CT molecular complexity index is 1010. The van der Waals surface area contributed by atoms with Gasteiger partial charge in [-0.1, -0.05) is 24.3 Å². The van der Waals surface area contributed by atoms with Gasteiger partial charge in [-0.3, -0.25) is 9.59 Å². The molecule has 2 N–H and O–H groups in total. The van der Waals surface area contributed by atoms with E-state index in [9.17, 15) is 27.2 Å². The number of nitrogens with one attached hydrogen (secondary N) is 1. The average Bonchev–Trinajstić information content (AvgIpc) is 2.84. The molecule has 2 aromatic rings. The summed E-state index contributed by atoms with van der Waals surface area (Å²) in [5.41, 5.74) is 0.794. The fourth-order valence-electron chi connectivity index (χ4n) is 3.13. The Morgan fingerprint density at radius 2 is 1.63 bits per heavy atom. The number of hydrogen-bond donors (Lipinski definition) is 2. The highest BCUT2D eigenvalue weighted by molar-refractivity contribution is 5.96. The van der Waals surface area contributed by atoms with Gasteiger partial charge in [-0.2, -0.15) is 13.2 Å². The van der Waals surface area contributed by atoms with Crippen molar-refractivity contribution in [2.75, 3.05) is 39.8 Å². The van der Waals surface area contributed by atoms with Crippen molar-refractivity contribution in [2.24, 2.45) is 0 Å². The molecule has 1 aliphatic heterocycles. The number of carbonyl (C=O) groups excluding carboxylic acids is 2. The van der Waals surface area contributed by atoms with Gasteiger partial charge in [-0.15, -0.1) is 0 Å². The van der Waals surface area contributed by atoms with Crippen LogP contribution in [0.2, 0.25) is 0 Å². The van der Waals surface area contributed by atoms with E-state index >= 15 is 0 Å². The van der Waals surface area contributed by atoms with Crippen LogP contribution in [0.15, 0.2) is 48.5 Å². The minimum atomic E-state index is -5.08. The van der Waals surface area contributed by atoms with Gasteiger partial charge in [-0.05, 0) is 29.8 Å². The number of halogens is 4. The molecule has 8 nitrogen and oxygen atoms in total. The van der Waals surface area contributed by atoms with E-state index < -0.39 is 23.9 Å². The second-order valence-electron chi connectivity index (χ2n) is 7.42. The van der Waals surface area contributed by atoms with Crippen LogP contribution in [0.25, 0.3) is 0 Å². The maximum Gasteiger partial charge on any atom is 0.490 e. The average molecular weight is 499 g/mol. The minimum absolute atomic E-state index is 0.0378. The third kappa shape index (κ3) is 8.56. The van der Waals surface area contributed by atoms with Crippen molar-refractivity contribution in [1.29, 1.82) is 0 Å². The molecule has 2 aromatic carbocycles. The van der Waals surface area contributed by atoms with Crippen LogP contribution in [0.3, 0.4) is 0 Å². The summed E-state index contributed by atoms with van der Waals surface area (Å²) in [4.78, 5) is 37.7. The monoisotopic (exact) mass is 499 g/mol. The molecule has 190 valence electrons. The van der Waals surface area contributed by atoms with Gasteiger partial charge < -0.3 is 25.0 Å². The number of nitrogens with zero attached hydrogens (tertiary/aromatic N) is 2. The molecule has 0 spiro atoms. The van der Waals surface area contributed by atoms with E-state index in [1.165, 1.54) is 23.1 Å². The lowest BCUT2D eigenvalue weighted by Crippen LogP contribution is -2.50. The number of benzene rings is 2. The normalized spacial score (nSPS) is 13.3. The Morgan fingerprint density at radius 3 is 2.14 bits per heavy atom. The van der Waals surface area contributed by atoms with E-state index in [-0.39, 0.29) is 24.6 Å². The molecule has 0 atom stereocenters. The predicted molar refractivity (Wildman–Crippen MR) is 117 cm³/mol. The van der Waals surface area contributed by atoms with Gasteiger partial charge in [0, 0.05) is 32.7 Å². The fraction of sp³-hybridized carbons (Fsp3) is 0.348. The van der Waals surface area contributed by atoms with Crippen LogP contribution < -0.4 is 10.1 Å². The summed E-state index contributed by atoms with van der Waals surface area (Å²) in [6.45, 7) is 2.76. The number of piperazine rings is 1. The van der Waals surface area contributed by atoms with E-state index in [4.69, 9.17) is 14.6 Å². The first-order chi connectivity index (χ1) is 16.5. The Kier molecular flexibility index (Phi) is 10.0. The molecule has 12 heteroatoms. The molecule has 0 aromatic heterocycles. The van der Waals surface area contributed by atoms with Crippen LogP contribution >= 0.6 is 0 Å². The number of ether oxygens (including phenoxy) is 1. The quantitative estimate of drug-likeness (QED) is 0.593. The first kappa shape index (κ1) is 27.6. The molecule has 1 aliphatic rings. The fourth-order valence-corrected chi connectivity index (χ4v) is 3.13. The minimum Gasteiger partial charge on any atom is -0.497 e. The largest absolute Gasteiger partial charge is 0.497 e. The lowest BCUT2D eigenvalue weighted by atomic mass is 10.1. The molecule has 1 heterocycles. The zero-order valence-electron chi connectivity index (χ0n) is 18.8. The summed E-state index contributed by atoms with van der Waals surface area (Å²) in [6, 6.07) is 13.1. The van der Waals surface area contributed by atoms with Crippen molar-refractivity contribution < 1.29 is 41.8 Å². The van der Waals surface area contributed by atoms with E-state index in [0.717, 1.165) is 18.7 Å². The maximum absolute atomic E-state index is 14.2. The van der Waals surface area contributed by atoms with Gasteiger partial charge in [0.15, 0.2) is 0 Å². The lowest BCUT2D eigenvalue weighted by Gasteiger charge is -2.30. The first-order valence-corrected chi connectivity index (χ1v) is 10.5. The molecule has 0 unspecified atom stereocenters. The number of methoxy groups -OCH3 is 1. The number of hydrogen-bond acceptors (Lipinski definition) is 5. The van der Waals surface area contributed by atoms with Crippen LogP contribution in [0.4, 0.5) is 17.6 Å². The summed E-state index contributed by atoms with van der Waals surface area (Å²) in [6.07, 6.45) is -5.08. The van der Waals surface area contributed by atoms with Crippen molar-refractivity contribution in [2.45, 2.75) is 12.7 Å². The van der Waals surface area contributed by atoms with Crippen molar-refractivity contribution in [3.8, 4) is 5.75 Å². The number of aliphatic carboxylic acids is 1. The van der Waals surface area contributed by atoms with Crippen molar-refractivity contribution in [1.82, 2.24) is 15.1 Å². The summed E-state index contributed by atoms with van der Waals surface area (Å²) in [7, 11) is 1.58. The smallest absolute Gasteiger partial charge is 0.490 e. The van der Waals surface area contributed by atoms with Gasteiger partial charge in [0.05, 0.1) is 12.7 Å². The second-order valence-corrected chi connectivity index (χ2v) is 7.42. The third-order valence-electron chi connectivity index (χ3n) is 4.96. The summed E-state index contributed by atoms with van der Waals surface area (Å²) < 4.78 is 51.1. The Morgan fingerprint density at radius 1 is 1.06 bits per heavy atom. The number of amides is 2. The molecule has 0 aliphatic carbocycles. The summed E-state index contributed by atoms with van der Waals surface area (Å²) in [5.74, 6) is -3.29. The second kappa shape index (κ2) is 12.7. The van der Waals surface area contributed by atoms with Gasteiger partial charge in [0.1, 0.15) is 18.1 Å². The van der Waals surface area contributed by atoms with Gasteiger partial charge >= 0.3 is 12.1 Å². The Hall–Kier alpha value is -3.67. The topological polar surface area (TPSA) is 99.2 Å². The molecule has 3 rings (SSSR count). The first-order valence-electron chi connectivity index (χ1n) is 10.5. The molecule has 0 radical (unpaired) electrons. The van der Waals surface area contributed by atoms with E-state index in [1.807, 2.05) is 12.1 Å². The third-order valence-corrected chi connectivity index (χ3v) is 4.96. The van der Waals surface area contributed by atoms with Crippen LogP contribution in [-0.4, -0.2) is 78.7 Å². The SMILES string of the molecule is COc1ccc(CN(CC(=O)N2CCNCC2)C(=O)c2ccccc2F)cc1.O=C(O)C(F)(F)F. The number of alkyl halides is 3. The highest BCUT2D eigenvalue weighted by Gasteiger charge is 2.38. The zero-order chi connectivity index (χ0) is 26.0. The van der Waals surface area contributed by atoms with Gasteiger partial charge in [0.2, 0.25) is 5.91 Å². The van der Waals surface area contributed by atoms with Gasteiger partial charge in [0.25, 0.3) is 5.91 Å². The summed E-state index contributed by atoms with van der Waals surface area (Å²) in [5, 5.41) is 10.3. The van der Waals surface area contributed by atoms with Crippen LogP contribution in [0, 0.1) is 5.82 Å². The maximum atomic E-state index is 14.2. The molecular weight excluding hydrogens is 474 g/mol. The molecule has 1 fully saturated rings. The molecule has 0 bridgehead atoms. The molecule has 2 amide bonds. The number of carbonyl (C=O) groups is 3.